The van der Waals surface area contributed by atoms with Gasteiger partial charge < -0.3 is 0 Å². The molecular weight excluding hydrogens is 532 g/mol. The van der Waals surface area contributed by atoms with Crippen molar-refractivity contribution < 1.29 is 28.8 Å². The van der Waals surface area contributed by atoms with Gasteiger partial charge in [0.05, 0.1) is 11.4 Å². The van der Waals surface area contributed by atoms with E-state index in [1.807, 2.05) is 0 Å². The van der Waals surface area contributed by atoms with Crippen LogP contribution < -0.4 is 9.80 Å². The van der Waals surface area contributed by atoms with E-state index in [9.17, 15) is 28.8 Å². The molecule has 8 heteroatoms. The summed E-state index contributed by atoms with van der Waals surface area (Å²) < 4.78 is 0. The van der Waals surface area contributed by atoms with Gasteiger partial charge in [0.1, 0.15) is 0 Å². The number of ketones is 2. The first-order valence-corrected chi connectivity index (χ1v) is 13.5. The molecule has 0 bridgehead atoms. The first-order chi connectivity index (χ1) is 20.3. The topological polar surface area (TPSA) is 109 Å². The van der Waals surface area contributed by atoms with Gasteiger partial charge in [0.2, 0.25) is 23.6 Å². The van der Waals surface area contributed by atoms with Crippen molar-refractivity contribution in [1.29, 1.82) is 0 Å². The van der Waals surface area contributed by atoms with E-state index in [4.69, 9.17) is 0 Å². The average Bonchev–Trinajstić information content (AvgIpc) is 3.55. The van der Waals surface area contributed by atoms with Gasteiger partial charge in [-0.1, -0.05) is 72.8 Å². The third-order valence-corrected chi connectivity index (χ3v) is 7.47. The van der Waals surface area contributed by atoms with E-state index in [0.717, 1.165) is 9.80 Å². The number of carbonyl (C=O) groups is 6. The number of hydrogen-bond donors (Lipinski definition) is 0. The van der Waals surface area contributed by atoms with Gasteiger partial charge in [-0.05, 0) is 35.4 Å². The van der Waals surface area contributed by atoms with Gasteiger partial charge in [0.25, 0.3) is 0 Å². The summed E-state index contributed by atoms with van der Waals surface area (Å²) in [5.74, 6) is -2.26. The van der Waals surface area contributed by atoms with Gasteiger partial charge in [-0.25, -0.2) is 9.80 Å². The molecule has 8 nitrogen and oxygen atoms in total. The lowest BCUT2D eigenvalue weighted by Crippen LogP contribution is -2.30. The Morgan fingerprint density at radius 1 is 0.452 bits per heavy atom. The number of rotatable bonds is 7. The lowest BCUT2D eigenvalue weighted by atomic mass is 9.93. The molecular formula is C34H24N2O6. The summed E-state index contributed by atoms with van der Waals surface area (Å²) in [6.45, 7) is 0. The van der Waals surface area contributed by atoms with Crippen molar-refractivity contribution in [2.75, 3.05) is 9.80 Å². The summed E-state index contributed by atoms with van der Waals surface area (Å²) in [5, 5.41) is 0. The maximum Gasteiger partial charge on any atom is 0.234 e. The fourth-order valence-electron chi connectivity index (χ4n) is 5.37. The number of carbonyl (C=O) groups excluding carboxylic acids is 6. The Balaban J connectivity index is 1.51. The van der Waals surface area contributed by atoms with Crippen molar-refractivity contribution >= 4 is 46.6 Å². The molecule has 0 N–H and O–H groups in total. The lowest BCUT2D eigenvalue weighted by molar-refractivity contribution is -0.122. The third-order valence-electron chi connectivity index (χ3n) is 7.47. The van der Waals surface area contributed by atoms with Crippen molar-refractivity contribution in [2.45, 2.75) is 25.7 Å². The predicted octanol–water partition coefficient (Wildman–Crippen LogP) is 5.12. The molecule has 2 saturated heterocycles. The van der Waals surface area contributed by atoms with Crippen molar-refractivity contribution in [2.24, 2.45) is 0 Å². The molecule has 2 fully saturated rings. The van der Waals surface area contributed by atoms with E-state index in [2.05, 4.69) is 0 Å². The fourth-order valence-corrected chi connectivity index (χ4v) is 5.37. The number of amides is 4. The molecule has 0 unspecified atom stereocenters. The Kier molecular flexibility index (Phi) is 6.88. The first-order valence-electron chi connectivity index (χ1n) is 13.5. The largest absolute Gasteiger partial charge is 0.289 e. The normalized spacial score (nSPS) is 15.0. The maximum absolute atomic E-state index is 13.7. The molecule has 2 aliphatic heterocycles. The van der Waals surface area contributed by atoms with Crippen molar-refractivity contribution in [3.05, 3.63) is 119 Å². The molecule has 0 aliphatic carbocycles. The number of anilines is 2. The maximum atomic E-state index is 13.7. The molecule has 0 radical (unpaired) electrons. The van der Waals surface area contributed by atoms with E-state index in [1.165, 1.54) is 0 Å². The Morgan fingerprint density at radius 2 is 0.786 bits per heavy atom. The molecule has 2 heterocycles. The van der Waals surface area contributed by atoms with Crippen LogP contribution in [0.4, 0.5) is 11.4 Å². The van der Waals surface area contributed by atoms with Gasteiger partial charge in [-0.3, -0.25) is 28.8 Å². The second kappa shape index (κ2) is 10.8. The van der Waals surface area contributed by atoms with Gasteiger partial charge in [-0.2, -0.15) is 0 Å². The van der Waals surface area contributed by atoms with E-state index in [1.54, 1.807) is 97.1 Å². The van der Waals surface area contributed by atoms with Crippen LogP contribution in [-0.2, 0) is 19.2 Å². The Morgan fingerprint density at radius 3 is 1.12 bits per heavy atom. The van der Waals surface area contributed by atoms with Crippen LogP contribution in [0.2, 0.25) is 0 Å². The van der Waals surface area contributed by atoms with Gasteiger partial charge in [0.15, 0.2) is 11.6 Å². The quantitative estimate of drug-likeness (QED) is 0.231. The predicted molar refractivity (Wildman–Crippen MR) is 155 cm³/mol. The number of hydrogen-bond acceptors (Lipinski definition) is 6. The molecule has 42 heavy (non-hydrogen) atoms. The second-order valence-electron chi connectivity index (χ2n) is 10.1. The van der Waals surface area contributed by atoms with Crippen molar-refractivity contribution in [3.63, 3.8) is 0 Å². The number of imide groups is 2. The van der Waals surface area contributed by atoms with Crippen LogP contribution in [-0.4, -0.2) is 35.2 Å². The van der Waals surface area contributed by atoms with Crippen molar-refractivity contribution in [3.8, 4) is 11.1 Å². The first kappa shape index (κ1) is 26.7. The number of benzene rings is 4. The summed E-state index contributed by atoms with van der Waals surface area (Å²) in [6, 6.07) is 26.8. The average molecular weight is 557 g/mol. The molecule has 0 aromatic heterocycles. The van der Waals surface area contributed by atoms with Crippen LogP contribution in [0.1, 0.15) is 57.5 Å². The van der Waals surface area contributed by atoms with Crippen molar-refractivity contribution in [1.82, 2.24) is 0 Å². The third kappa shape index (κ3) is 4.73. The van der Waals surface area contributed by atoms with Gasteiger partial charge >= 0.3 is 0 Å². The summed E-state index contributed by atoms with van der Waals surface area (Å²) in [7, 11) is 0. The fraction of sp³-hybridized carbons (Fsp3) is 0.118. The zero-order chi connectivity index (χ0) is 29.4. The smallest absolute Gasteiger partial charge is 0.234 e. The minimum atomic E-state index is -0.380. The molecule has 4 aromatic rings. The summed E-state index contributed by atoms with van der Waals surface area (Å²) >= 11 is 0. The SMILES string of the molecule is O=C(c1ccccc1)c1cc(-c2ccc(N3C(=O)CCC3=O)c(C(=O)c3ccccc3)c2)ccc1N1C(=O)CCC1=O. The molecule has 206 valence electrons. The van der Waals surface area contributed by atoms with Crippen LogP contribution in [0, 0.1) is 0 Å². The summed E-state index contributed by atoms with van der Waals surface area (Å²) in [6.07, 6.45) is 0.277. The van der Waals surface area contributed by atoms with Crippen LogP contribution in [0.25, 0.3) is 11.1 Å². The van der Waals surface area contributed by atoms with Crippen LogP contribution in [0.5, 0.6) is 0 Å². The van der Waals surface area contributed by atoms with E-state index in [-0.39, 0.29) is 83.4 Å². The summed E-state index contributed by atoms with van der Waals surface area (Å²) in [5.41, 5.74) is 2.58. The van der Waals surface area contributed by atoms with Crippen LogP contribution >= 0.6 is 0 Å². The molecule has 0 spiro atoms. The van der Waals surface area contributed by atoms with Crippen LogP contribution in [0.3, 0.4) is 0 Å². The Hall–Kier alpha value is -5.50. The minimum Gasteiger partial charge on any atom is -0.289 e. The summed E-state index contributed by atoms with van der Waals surface area (Å²) in [4.78, 5) is 80.0. The molecule has 6 rings (SSSR count). The highest BCUT2D eigenvalue weighted by Crippen LogP contribution is 2.36. The van der Waals surface area contributed by atoms with E-state index < -0.39 is 0 Å². The minimum absolute atomic E-state index is 0.0694. The number of nitrogens with zero attached hydrogens (tertiary/aromatic N) is 2. The second-order valence-corrected chi connectivity index (χ2v) is 10.1. The van der Waals surface area contributed by atoms with E-state index >= 15 is 0 Å². The monoisotopic (exact) mass is 556 g/mol. The van der Waals surface area contributed by atoms with E-state index in [0.29, 0.717) is 22.3 Å². The molecule has 4 amide bonds. The highest BCUT2D eigenvalue weighted by molar-refractivity contribution is 6.25. The Labute approximate surface area is 241 Å². The van der Waals surface area contributed by atoms with Crippen LogP contribution in [0.15, 0.2) is 97.1 Å². The van der Waals surface area contributed by atoms with Gasteiger partial charge in [-0.15, -0.1) is 0 Å². The molecule has 4 aromatic carbocycles. The lowest BCUT2D eigenvalue weighted by Gasteiger charge is -2.20. The van der Waals surface area contributed by atoms with Gasteiger partial charge in [0, 0.05) is 47.9 Å². The molecule has 0 atom stereocenters. The zero-order valence-electron chi connectivity index (χ0n) is 22.4. The standard InChI is InChI=1S/C34H24N2O6/c37-29-15-16-30(38)35(29)27-13-11-23(19-25(27)33(41)21-7-3-1-4-8-21)24-12-14-28(36-31(39)17-18-32(36)40)26(20-24)34(42)22-9-5-2-6-10-22/h1-14,19-20H,15-18H2. The zero-order valence-corrected chi connectivity index (χ0v) is 22.4. The Bertz CT molecular complexity index is 1630. The molecule has 0 saturated carbocycles. The highest BCUT2D eigenvalue weighted by atomic mass is 16.2. The highest BCUT2D eigenvalue weighted by Gasteiger charge is 2.35. The molecule has 2 aliphatic rings.